The molecule has 13 heavy (non-hydrogen) atoms. The van der Waals surface area contributed by atoms with Gasteiger partial charge in [-0.05, 0) is 38.6 Å². The van der Waals surface area contributed by atoms with E-state index in [0.717, 1.165) is 18.9 Å². The molecule has 1 fully saturated rings. The number of hydrogen-bond donors (Lipinski definition) is 2. The second kappa shape index (κ2) is 5.61. The summed E-state index contributed by atoms with van der Waals surface area (Å²) in [6.07, 6.45) is 6.13. The van der Waals surface area contributed by atoms with E-state index in [0.29, 0.717) is 6.04 Å². The molecule has 0 aliphatic heterocycles. The van der Waals surface area contributed by atoms with E-state index in [4.69, 9.17) is 5.11 Å². The Hall–Kier alpha value is -0.0800. The van der Waals surface area contributed by atoms with Gasteiger partial charge in [-0.25, -0.2) is 0 Å². The molecule has 1 saturated carbocycles. The van der Waals surface area contributed by atoms with Crippen LogP contribution in [0, 0.1) is 5.92 Å². The Labute approximate surface area is 81.7 Å². The van der Waals surface area contributed by atoms with E-state index in [1.165, 1.54) is 25.7 Å². The summed E-state index contributed by atoms with van der Waals surface area (Å²) in [5, 5.41) is 12.6. The molecule has 0 bridgehead atoms. The summed E-state index contributed by atoms with van der Waals surface area (Å²) < 4.78 is 0. The van der Waals surface area contributed by atoms with Crippen LogP contribution >= 0.6 is 0 Å². The van der Waals surface area contributed by atoms with Crippen molar-refractivity contribution >= 4 is 0 Å². The maximum atomic E-state index is 9.09. The molecule has 0 amide bonds. The van der Waals surface area contributed by atoms with Crippen LogP contribution in [0.2, 0.25) is 0 Å². The first-order valence-electron chi connectivity index (χ1n) is 5.60. The maximum absolute atomic E-state index is 9.09. The summed E-state index contributed by atoms with van der Waals surface area (Å²) in [4.78, 5) is 0. The molecule has 2 nitrogen and oxygen atoms in total. The van der Waals surface area contributed by atoms with Gasteiger partial charge in [-0.3, -0.25) is 0 Å². The minimum absolute atomic E-state index is 0.159. The smallest absolute Gasteiger partial charge is 0.0524 e. The van der Waals surface area contributed by atoms with Crippen LogP contribution in [0.5, 0.6) is 0 Å². The average Bonchev–Trinajstić information content (AvgIpc) is 2.03. The summed E-state index contributed by atoms with van der Waals surface area (Å²) in [6, 6.07) is 0.711. The highest BCUT2D eigenvalue weighted by atomic mass is 16.3. The molecule has 0 radical (unpaired) electrons. The van der Waals surface area contributed by atoms with E-state index in [-0.39, 0.29) is 6.10 Å². The van der Waals surface area contributed by atoms with Gasteiger partial charge < -0.3 is 10.4 Å². The largest absolute Gasteiger partial charge is 0.393 e. The van der Waals surface area contributed by atoms with Crippen molar-refractivity contribution in [2.75, 3.05) is 6.54 Å². The molecular formula is C11H23NO. The minimum atomic E-state index is -0.159. The Morgan fingerprint density at radius 3 is 2.85 bits per heavy atom. The second-order valence-electron chi connectivity index (χ2n) is 4.56. The lowest BCUT2D eigenvalue weighted by Gasteiger charge is -2.27. The van der Waals surface area contributed by atoms with Crippen molar-refractivity contribution in [3.05, 3.63) is 0 Å². The van der Waals surface area contributed by atoms with Crippen molar-refractivity contribution in [3.8, 4) is 0 Å². The number of aliphatic hydroxyl groups is 1. The lowest BCUT2D eigenvalue weighted by Crippen LogP contribution is -2.35. The Kier molecular flexibility index (Phi) is 4.74. The fourth-order valence-electron chi connectivity index (χ4n) is 2.12. The molecule has 1 aliphatic rings. The van der Waals surface area contributed by atoms with Gasteiger partial charge in [0.2, 0.25) is 0 Å². The molecule has 0 aromatic carbocycles. The first kappa shape index (κ1) is 11.0. The number of rotatable bonds is 4. The molecule has 1 aliphatic carbocycles. The zero-order valence-electron chi connectivity index (χ0n) is 8.92. The monoisotopic (exact) mass is 185 g/mol. The molecule has 2 N–H and O–H groups in total. The van der Waals surface area contributed by atoms with Crippen LogP contribution in [-0.2, 0) is 0 Å². The highest BCUT2D eigenvalue weighted by Crippen LogP contribution is 2.23. The van der Waals surface area contributed by atoms with Gasteiger partial charge in [-0.1, -0.05) is 19.8 Å². The van der Waals surface area contributed by atoms with Crippen LogP contribution < -0.4 is 5.32 Å². The highest BCUT2D eigenvalue weighted by Gasteiger charge is 2.17. The van der Waals surface area contributed by atoms with Crippen LogP contribution in [0.25, 0.3) is 0 Å². The maximum Gasteiger partial charge on any atom is 0.0524 e. The number of hydrogen-bond acceptors (Lipinski definition) is 2. The molecule has 0 aromatic rings. The summed E-state index contributed by atoms with van der Waals surface area (Å²) in [5.74, 6) is 0.887. The van der Waals surface area contributed by atoms with Crippen molar-refractivity contribution in [2.45, 2.75) is 58.1 Å². The summed E-state index contributed by atoms with van der Waals surface area (Å²) in [5.41, 5.74) is 0. The van der Waals surface area contributed by atoms with E-state index in [2.05, 4.69) is 12.2 Å². The second-order valence-corrected chi connectivity index (χ2v) is 4.56. The van der Waals surface area contributed by atoms with Crippen LogP contribution in [-0.4, -0.2) is 23.8 Å². The summed E-state index contributed by atoms with van der Waals surface area (Å²) in [6.45, 7) is 5.16. The lowest BCUT2D eigenvalue weighted by atomic mass is 9.87. The fourth-order valence-corrected chi connectivity index (χ4v) is 2.12. The lowest BCUT2D eigenvalue weighted by molar-refractivity contribution is 0.179. The Balaban J connectivity index is 2.06. The topological polar surface area (TPSA) is 32.3 Å². The van der Waals surface area contributed by atoms with Gasteiger partial charge in [0, 0.05) is 6.04 Å². The van der Waals surface area contributed by atoms with Gasteiger partial charge in [0.05, 0.1) is 6.10 Å². The van der Waals surface area contributed by atoms with Crippen molar-refractivity contribution in [3.63, 3.8) is 0 Å². The Morgan fingerprint density at radius 2 is 2.23 bits per heavy atom. The Bertz CT molecular complexity index is 136. The van der Waals surface area contributed by atoms with Crippen LogP contribution in [0.4, 0.5) is 0 Å². The predicted molar refractivity (Wildman–Crippen MR) is 55.7 cm³/mol. The van der Waals surface area contributed by atoms with E-state index in [1.807, 2.05) is 6.92 Å². The van der Waals surface area contributed by atoms with Crippen molar-refractivity contribution in [1.29, 1.82) is 0 Å². The van der Waals surface area contributed by atoms with Gasteiger partial charge in [0.25, 0.3) is 0 Å². The van der Waals surface area contributed by atoms with Crippen molar-refractivity contribution in [1.82, 2.24) is 5.32 Å². The van der Waals surface area contributed by atoms with Gasteiger partial charge in [0.15, 0.2) is 0 Å². The Morgan fingerprint density at radius 1 is 1.46 bits per heavy atom. The van der Waals surface area contributed by atoms with Crippen LogP contribution in [0.1, 0.15) is 46.0 Å². The third kappa shape index (κ3) is 4.63. The molecule has 0 unspecified atom stereocenters. The first-order valence-corrected chi connectivity index (χ1v) is 5.60. The first-order chi connectivity index (χ1) is 6.18. The van der Waals surface area contributed by atoms with Gasteiger partial charge in [-0.2, -0.15) is 0 Å². The zero-order chi connectivity index (χ0) is 9.68. The van der Waals surface area contributed by atoms with Gasteiger partial charge in [-0.15, -0.1) is 0 Å². The molecule has 3 atom stereocenters. The van der Waals surface area contributed by atoms with Crippen molar-refractivity contribution in [2.24, 2.45) is 5.92 Å². The van der Waals surface area contributed by atoms with Crippen LogP contribution in [0.15, 0.2) is 0 Å². The molecule has 1 rings (SSSR count). The molecule has 0 heterocycles. The van der Waals surface area contributed by atoms with Gasteiger partial charge >= 0.3 is 0 Å². The number of aliphatic hydroxyl groups excluding tert-OH is 1. The highest BCUT2D eigenvalue weighted by molar-refractivity contribution is 4.75. The normalized spacial score (nSPS) is 31.6. The number of nitrogens with one attached hydrogen (secondary N) is 1. The molecular weight excluding hydrogens is 162 g/mol. The third-order valence-corrected chi connectivity index (χ3v) is 2.93. The minimum Gasteiger partial charge on any atom is -0.393 e. The predicted octanol–water partition coefficient (Wildman–Crippen LogP) is 1.93. The van der Waals surface area contributed by atoms with Gasteiger partial charge in [0.1, 0.15) is 0 Å². The average molecular weight is 185 g/mol. The van der Waals surface area contributed by atoms with Crippen molar-refractivity contribution < 1.29 is 5.11 Å². The third-order valence-electron chi connectivity index (χ3n) is 2.93. The molecule has 78 valence electrons. The van der Waals surface area contributed by atoms with Crippen LogP contribution in [0.3, 0.4) is 0 Å². The fraction of sp³-hybridized carbons (Fsp3) is 1.00. The SMILES string of the molecule is C[C@@H]1CCC[C@@H](NCC[C@H](C)O)C1. The zero-order valence-corrected chi connectivity index (χ0v) is 8.92. The summed E-state index contributed by atoms with van der Waals surface area (Å²) >= 11 is 0. The van der Waals surface area contributed by atoms with E-state index in [1.54, 1.807) is 0 Å². The quantitative estimate of drug-likeness (QED) is 0.701. The molecule has 0 spiro atoms. The summed E-state index contributed by atoms with van der Waals surface area (Å²) in [7, 11) is 0. The molecule has 0 aromatic heterocycles. The van der Waals surface area contributed by atoms with E-state index >= 15 is 0 Å². The standard InChI is InChI=1S/C11H23NO/c1-9-4-3-5-11(8-9)12-7-6-10(2)13/h9-13H,3-8H2,1-2H3/t9-,10+,11-/m1/s1. The molecule has 0 saturated heterocycles. The van der Waals surface area contributed by atoms with E-state index in [9.17, 15) is 0 Å². The van der Waals surface area contributed by atoms with E-state index < -0.39 is 0 Å². The molecule has 2 heteroatoms.